The fourth-order valence-corrected chi connectivity index (χ4v) is 2.66. The fraction of sp³-hybridized carbons (Fsp3) is 0.500. The van der Waals surface area contributed by atoms with Crippen LogP contribution in [0.5, 0.6) is 0 Å². The van der Waals surface area contributed by atoms with E-state index < -0.39 is 10.0 Å². The van der Waals surface area contributed by atoms with Crippen molar-refractivity contribution in [1.29, 1.82) is 0 Å². The molecule has 0 unspecified atom stereocenters. The molecule has 88 valence electrons. The van der Waals surface area contributed by atoms with Gasteiger partial charge in [0.25, 0.3) is 10.0 Å². The lowest BCUT2D eigenvalue weighted by molar-refractivity contribution is 0.564. The molecule has 1 aromatic heterocycles. The van der Waals surface area contributed by atoms with Crippen molar-refractivity contribution < 1.29 is 8.42 Å². The summed E-state index contributed by atoms with van der Waals surface area (Å²) in [7, 11) is -2.10. The normalized spacial score (nSPS) is 11.1. The summed E-state index contributed by atoms with van der Waals surface area (Å²) in [5, 5.41) is 3.77. The molecule has 0 radical (unpaired) electrons. The highest BCUT2D eigenvalue weighted by atomic mass is 35.5. The topological polar surface area (TPSA) is 90.0 Å². The molecule has 0 aliphatic rings. The SMILES string of the molecule is Cl.Cn1ncc(Cl)c1S(=O)(=O)NCCN. The van der Waals surface area contributed by atoms with Crippen molar-refractivity contribution in [3.63, 3.8) is 0 Å². The summed E-state index contributed by atoms with van der Waals surface area (Å²) in [6.07, 6.45) is 1.28. The molecule has 15 heavy (non-hydrogen) atoms. The zero-order valence-electron chi connectivity index (χ0n) is 7.97. The number of nitrogens with one attached hydrogen (secondary N) is 1. The van der Waals surface area contributed by atoms with Gasteiger partial charge in [-0.25, -0.2) is 13.1 Å². The number of hydrogen-bond acceptors (Lipinski definition) is 4. The second kappa shape index (κ2) is 5.66. The summed E-state index contributed by atoms with van der Waals surface area (Å²) in [5.74, 6) is 0. The van der Waals surface area contributed by atoms with E-state index in [0.717, 1.165) is 0 Å². The van der Waals surface area contributed by atoms with Crippen molar-refractivity contribution in [2.75, 3.05) is 13.1 Å². The Morgan fingerprint density at radius 1 is 1.67 bits per heavy atom. The number of rotatable bonds is 4. The first-order chi connectivity index (χ1) is 6.49. The summed E-state index contributed by atoms with van der Waals surface area (Å²) in [4.78, 5) is 0. The summed E-state index contributed by atoms with van der Waals surface area (Å²) in [6, 6.07) is 0. The zero-order chi connectivity index (χ0) is 10.8. The minimum absolute atomic E-state index is 0. The first kappa shape index (κ1) is 14.7. The summed E-state index contributed by atoms with van der Waals surface area (Å²) >= 11 is 5.67. The number of halogens is 2. The van der Waals surface area contributed by atoms with E-state index in [9.17, 15) is 8.42 Å². The van der Waals surface area contributed by atoms with Crippen molar-refractivity contribution in [2.24, 2.45) is 12.8 Å². The van der Waals surface area contributed by atoms with E-state index in [4.69, 9.17) is 17.3 Å². The molecule has 6 nitrogen and oxygen atoms in total. The number of sulfonamides is 1. The van der Waals surface area contributed by atoms with Crippen LogP contribution < -0.4 is 10.5 Å². The molecule has 0 aliphatic heterocycles. The first-order valence-corrected chi connectivity index (χ1v) is 5.72. The Morgan fingerprint density at radius 2 is 2.27 bits per heavy atom. The molecule has 0 spiro atoms. The third-order valence-corrected chi connectivity index (χ3v) is 3.50. The van der Waals surface area contributed by atoms with Gasteiger partial charge in [0.15, 0.2) is 5.03 Å². The van der Waals surface area contributed by atoms with Crippen LogP contribution in [-0.2, 0) is 17.1 Å². The second-order valence-electron chi connectivity index (χ2n) is 2.61. The molecular weight excluding hydrogens is 263 g/mol. The second-order valence-corrected chi connectivity index (χ2v) is 4.70. The summed E-state index contributed by atoms with van der Waals surface area (Å²) < 4.78 is 26.7. The molecule has 0 amide bonds. The molecule has 0 fully saturated rings. The van der Waals surface area contributed by atoms with Crippen molar-refractivity contribution in [1.82, 2.24) is 14.5 Å². The number of nitrogens with zero attached hydrogens (tertiary/aromatic N) is 2. The van der Waals surface area contributed by atoms with Gasteiger partial charge >= 0.3 is 0 Å². The standard InChI is InChI=1S/C6H11ClN4O2S.ClH/c1-11-6(5(7)4-9-11)14(12,13)10-3-2-8;/h4,10H,2-3,8H2,1H3;1H. The number of hydrogen-bond donors (Lipinski definition) is 2. The van der Waals surface area contributed by atoms with Crippen molar-refractivity contribution in [3.8, 4) is 0 Å². The monoisotopic (exact) mass is 274 g/mol. The Hall–Kier alpha value is -0.340. The van der Waals surface area contributed by atoms with Crippen LogP contribution in [0, 0.1) is 0 Å². The van der Waals surface area contributed by atoms with Crippen LogP contribution in [0.1, 0.15) is 0 Å². The zero-order valence-corrected chi connectivity index (χ0v) is 10.4. The Bertz CT molecular complexity index is 397. The van der Waals surface area contributed by atoms with E-state index in [2.05, 4.69) is 9.82 Å². The number of aromatic nitrogens is 2. The number of nitrogens with two attached hydrogens (primary N) is 1. The van der Waals surface area contributed by atoms with Gasteiger partial charge in [0, 0.05) is 20.1 Å². The predicted octanol–water partition coefficient (Wildman–Crippen LogP) is -0.268. The van der Waals surface area contributed by atoms with E-state index in [1.165, 1.54) is 17.9 Å². The van der Waals surface area contributed by atoms with Crippen LogP contribution in [-0.4, -0.2) is 31.3 Å². The summed E-state index contributed by atoms with van der Waals surface area (Å²) in [5.41, 5.74) is 5.18. The van der Waals surface area contributed by atoms with Crippen molar-refractivity contribution in [2.45, 2.75) is 5.03 Å². The third-order valence-electron chi connectivity index (χ3n) is 1.53. The van der Waals surface area contributed by atoms with Crippen LogP contribution in [0.15, 0.2) is 11.2 Å². The molecule has 0 saturated carbocycles. The van der Waals surface area contributed by atoms with Gasteiger partial charge in [0.2, 0.25) is 0 Å². The van der Waals surface area contributed by atoms with Gasteiger partial charge in [-0.2, -0.15) is 5.10 Å². The van der Waals surface area contributed by atoms with Crippen LogP contribution in [0.2, 0.25) is 5.02 Å². The van der Waals surface area contributed by atoms with Gasteiger partial charge in [0.1, 0.15) is 0 Å². The van der Waals surface area contributed by atoms with E-state index in [0.29, 0.717) is 0 Å². The van der Waals surface area contributed by atoms with Crippen molar-refractivity contribution >= 4 is 34.0 Å². The molecule has 0 aromatic carbocycles. The lowest BCUT2D eigenvalue weighted by Crippen LogP contribution is -2.30. The van der Waals surface area contributed by atoms with Crippen molar-refractivity contribution in [3.05, 3.63) is 11.2 Å². The minimum atomic E-state index is -3.60. The molecule has 0 aliphatic carbocycles. The molecule has 0 bridgehead atoms. The minimum Gasteiger partial charge on any atom is -0.329 e. The van der Waals surface area contributed by atoms with E-state index in [-0.39, 0.29) is 35.5 Å². The lowest BCUT2D eigenvalue weighted by Gasteiger charge is -2.05. The molecule has 1 heterocycles. The molecule has 1 rings (SSSR count). The Balaban J connectivity index is 0.00000196. The molecule has 3 N–H and O–H groups in total. The van der Waals surface area contributed by atoms with Crippen LogP contribution >= 0.6 is 24.0 Å². The Kier molecular flexibility index (Phi) is 5.54. The highest BCUT2D eigenvalue weighted by molar-refractivity contribution is 7.89. The first-order valence-electron chi connectivity index (χ1n) is 3.86. The van der Waals surface area contributed by atoms with Gasteiger partial charge in [-0.1, -0.05) is 11.6 Å². The maximum Gasteiger partial charge on any atom is 0.259 e. The highest BCUT2D eigenvalue weighted by Crippen LogP contribution is 2.18. The highest BCUT2D eigenvalue weighted by Gasteiger charge is 2.21. The quantitative estimate of drug-likeness (QED) is 0.791. The van der Waals surface area contributed by atoms with Gasteiger partial charge in [0.05, 0.1) is 11.2 Å². The van der Waals surface area contributed by atoms with E-state index in [1.54, 1.807) is 0 Å². The number of aryl methyl sites for hydroxylation is 1. The van der Waals surface area contributed by atoms with Crippen LogP contribution in [0.25, 0.3) is 0 Å². The summed E-state index contributed by atoms with van der Waals surface area (Å²) in [6.45, 7) is 0.401. The predicted molar refractivity (Wildman–Crippen MR) is 59.7 cm³/mol. The smallest absolute Gasteiger partial charge is 0.259 e. The maximum absolute atomic E-state index is 11.6. The fourth-order valence-electron chi connectivity index (χ4n) is 0.963. The molecule has 0 saturated heterocycles. The lowest BCUT2D eigenvalue weighted by atomic mass is 10.7. The van der Waals surface area contributed by atoms with Gasteiger partial charge < -0.3 is 5.73 Å². The van der Waals surface area contributed by atoms with Crippen LogP contribution in [0.4, 0.5) is 0 Å². The Morgan fingerprint density at radius 3 is 2.67 bits per heavy atom. The third kappa shape index (κ3) is 3.32. The average molecular weight is 275 g/mol. The van der Waals surface area contributed by atoms with Gasteiger partial charge in [-0.15, -0.1) is 12.4 Å². The largest absolute Gasteiger partial charge is 0.329 e. The van der Waals surface area contributed by atoms with Crippen LogP contribution in [0.3, 0.4) is 0 Å². The molecule has 1 aromatic rings. The molecule has 9 heteroatoms. The van der Waals surface area contributed by atoms with E-state index in [1.807, 2.05) is 0 Å². The molecule has 0 atom stereocenters. The maximum atomic E-state index is 11.6. The molecular formula is C6H12Cl2N4O2S. The van der Waals surface area contributed by atoms with E-state index >= 15 is 0 Å². The average Bonchev–Trinajstić information content (AvgIpc) is 2.43. The van der Waals surface area contributed by atoms with Gasteiger partial charge in [-0.3, -0.25) is 4.68 Å². The Labute approximate surface area is 99.2 Å². The van der Waals surface area contributed by atoms with Gasteiger partial charge in [-0.05, 0) is 0 Å².